The molecule has 16 nitrogen and oxygen atoms in total. The molecule has 4 aromatic carbocycles. The molecule has 0 fully saturated rings. The summed E-state index contributed by atoms with van der Waals surface area (Å²) < 4.78 is 58.8. The molecule has 4 aromatic rings. The van der Waals surface area contributed by atoms with Crippen LogP contribution in [-0.4, -0.2) is 38.4 Å². The van der Waals surface area contributed by atoms with Gasteiger partial charge in [-0.3, -0.25) is 35.0 Å². The van der Waals surface area contributed by atoms with Gasteiger partial charge in [0.25, 0.3) is 31.4 Å². The van der Waals surface area contributed by atoms with E-state index in [0.717, 1.165) is 36.4 Å². The highest BCUT2D eigenvalue weighted by Gasteiger charge is 2.19. The minimum atomic E-state index is -3.95. The molecule has 18 heteroatoms. The number of rotatable bonds is 9. The summed E-state index contributed by atoms with van der Waals surface area (Å²) in [5, 5.41) is 23.7. The van der Waals surface area contributed by atoms with Gasteiger partial charge in [0.1, 0.15) is 5.60 Å². The smallest absolute Gasteiger partial charge is 0.412 e. The summed E-state index contributed by atoms with van der Waals surface area (Å²) in [6.07, 6.45) is -0.669. The Bertz CT molecular complexity index is 1980. The van der Waals surface area contributed by atoms with E-state index >= 15 is 0 Å². The first kappa shape index (κ1) is 35.7. The van der Waals surface area contributed by atoms with Crippen LogP contribution in [0.3, 0.4) is 0 Å². The topological polar surface area (TPSA) is 243 Å². The number of nitro groups is 2. The summed E-state index contributed by atoms with van der Waals surface area (Å²) in [6.45, 7) is 5.17. The van der Waals surface area contributed by atoms with Crippen LogP contribution in [0.2, 0.25) is 0 Å². The monoisotopic (exact) mass is 686 g/mol. The number of nitrogen functional groups attached to an aromatic ring is 1. The van der Waals surface area contributed by atoms with Gasteiger partial charge in [-0.1, -0.05) is 12.1 Å². The molecule has 0 aliphatic rings. The number of nitrogens with two attached hydrogens (primary N) is 1. The molecule has 0 radical (unpaired) electrons. The summed E-state index contributed by atoms with van der Waals surface area (Å²) in [5.41, 5.74) is 5.81. The quantitative estimate of drug-likeness (QED) is 0.0942. The van der Waals surface area contributed by atoms with E-state index in [4.69, 9.17) is 10.5 Å². The zero-order valence-electron chi connectivity index (χ0n) is 25.1. The lowest BCUT2D eigenvalue weighted by atomic mass is 10.2. The van der Waals surface area contributed by atoms with Crippen molar-refractivity contribution in [2.45, 2.75) is 36.2 Å². The fourth-order valence-corrected chi connectivity index (χ4v) is 5.71. The Labute approximate surface area is 270 Å². The van der Waals surface area contributed by atoms with Crippen LogP contribution in [0.15, 0.2) is 107 Å². The standard InChI is InChI=1S/C17H19N3O6S.C12H11N3O4S/c1-17(2,3)26-16(21)18-12-5-4-6-13(11-12)19-27(24,25)15-9-7-14(8-10-15)20(22)23;13-9-2-1-3-10(8-9)14-20(18,19)12-6-4-11(5-7-12)15(16)17/h4-11,19H,1-3H3,(H,18,21);1-8,14H,13H2. The van der Waals surface area contributed by atoms with E-state index in [2.05, 4.69) is 14.8 Å². The van der Waals surface area contributed by atoms with Gasteiger partial charge in [0.15, 0.2) is 0 Å². The summed E-state index contributed by atoms with van der Waals surface area (Å²) in [4.78, 5) is 31.6. The maximum Gasteiger partial charge on any atom is 0.412 e. The van der Waals surface area contributed by atoms with E-state index in [9.17, 15) is 41.9 Å². The molecule has 1 amide bonds. The molecule has 0 aliphatic carbocycles. The van der Waals surface area contributed by atoms with Gasteiger partial charge in [-0.15, -0.1) is 0 Å². The highest BCUT2D eigenvalue weighted by Crippen LogP contribution is 2.23. The first-order valence-electron chi connectivity index (χ1n) is 13.3. The SMILES string of the molecule is CC(C)(C)OC(=O)Nc1cccc(NS(=O)(=O)c2ccc([N+](=O)[O-])cc2)c1.Nc1cccc(NS(=O)(=O)c2ccc([N+](=O)[O-])cc2)c1. The van der Waals surface area contributed by atoms with Crippen molar-refractivity contribution in [1.82, 2.24) is 0 Å². The second-order valence-corrected chi connectivity index (χ2v) is 13.9. The highest BCUT2D eigenvalue weighted by molar-refractivity contribution is 7.93. The Morgan fingerprint density at radius 1 is 0.681 bits per heavy atom. The lowest BCUT2D eigenvalue weighted by Crippen LogP contribution is -2.27. The van der Waals surface area contributed by atoms with Crippen LogP contribution in [0.25, 0.3) is 0 Å². The summed E-state index contributed by atoms with van der Waals surface area (Å²) >= 11 is 0. The van der Waals surface area contributed by atoms with Crippen molar-refractivity contribution in [3.63, 3.8) is 0 Å². The molecule has 4 rings (SSSR count). The number of nitrogens with zero attached hydrogens (tertiary/aromatic N) is 2. The van der Waals surface area contributed by atoms with Gasteiger partial charge in [-0.25, -0.2) is 21.6 Å². The molecule has 47 heavy (non-hydrogen) atoms. The Hall–Kier alpha value is -5.75. The van der Waals surface area contributed by atoms with Crippen molar-refractivity contribution in [2.24, 2.45) is 0 Å². The molecule has 0 saturated carbocycles. The van der Waals surface area contributed by atoms with Gasteiger partial charge in [0.2, 0.25) is 0 Å². The Balaban J connectivity index is 0.000000267. The molecule has 0 bridgehead atoms. The van der Waals surface area contributed by atoms with E-state index in [1.54, 1.807) is 51.1 Å². The number of nitrogens with one attached hydrogen (secondary N) is 3. The number of carbonyl (C=O) groups excluding carboxylic acids is 1. The van der Waals surface area contributed by atoms with Gasteiger partial charge in [0, 0.05) is 35.6 Å². The van der Waals surface area contributed by atoms with Crippen molar-refractivity contribution in [2.75, 3.05) is 20.5 Å². The minimum Gasteiger partial charge on any atom is -0.444 e. The molecule has 5 N–H and O–H groups in total. The van der Waals surface area contributed by atoms with Crippen LogP contribution in [0.4, 0.5) is 38.9 Å². The molecule has 0 heterocycles. The van der Waals surface area contributed by atoms with Gasteiger partial charge >= 0.3 is 6.09 Å². The Morgan fingerprint density at radius 3 is 1.49 bits per heavy atom. The van der Waals surface area contributed by atoms with Crippen LogP contribution in [0.5, 0.6) is 0 Å². The molecule has 0 spiro atoms. The largest absolute Gasteiger partial charge is 0.444 e. The van der Waals surface area contributed by atoms with Crippen molar-refractivity contribution in [1.29, 1.82) is 0 Å². The van der Waals surface area contributed by atoms with Gasteiger partial charge in [-0.2, -0.15) is 0 Å². The fourth-order valence-electron chi connectivity index (χ4n) is 3.61. The number of non-ortho nitro benzene ring substituents is 2. The number of sulfonamides is 2. The summed E-state index contributed by atoms with van der Waals surface area (Å²) in [6, 6.07) is 21.4. The predicted molar refractivity (Wildman–Crippen MR) is 175 cm³/mol. The number of benzene rings is 4. The van der Waals surface area contributed by atoms with E-state index in [-0.39, 0.29) is 26.9 Å². The van der Waals surface area contributed by atoms with E-state index < -0.39 is 41.6 Å². The van der Waals surface area contributed by atoms with Crippen molar-refractivity contribution in [3.8, 4) is 0 Å². The van der Waals surface area contributed by atoms with Crippen LogP contribution < -0.4 is 20.5 Å². The van der Waals surface area contributed by atoms with Gasteiger partial charge < -0.3 is 10.5 Å². The molecule has 0 unspecified atom stereocenters. The second kappa shape index (κ2) is 14.6. The van der Waals surface area contributed by atoms with E-state index in [1.165, 1.54) is 30.3 Å². The van der Waals surface area contributed by atoms with Crippen LogP contribution in [-0.2, 0) is 24.8 Å². The number of nitro benzene ring substituents is 2. The zero-order valence-corrected chi connectivity index (χ0v) is 26.7. The first-order chi connectivity index (χ1) is 21.8. The maximum atomic E-state index is 12.4. The lowest BCUT2D eigenvalue weighted by molar-refractivity contribution is -0.385. The number of carbonyl (C=O) groups is 1. The number of ether oxygens (including phenoxy) is 1. The molecule has 0 saturated heterocycles. The molecule has 0 aromatic heterocycles. The molecular weight excluding hydrogens is 656 g/mol. The summed E-state index contributed by atoms with van der Waals surface area (Å²) in [5.74, 6) is 0. The maximum absolute atomic E-state index is 12.4. The predicted octanol–water partition coefficient (Wildman–Crippen LogP) is 5.72. The molecule has 0 atom stereocenters. The van der Waals surface area contributed by atoms with Crippen molar-refractivity contribution in [3.05, 3.63) is 117 Å². The Morgan fingerprint density at radius 2 is 1.09 bits per heavy atom. The normalized spacial score (nSPS) is 11.3. The van der Waals surface area contributed by atoms with Crippen molar-refractivity contribution >= 4 is 60.3 Å². The minimum absolute atomic E-state index is 0.0643. The lowest BCUT2D eigenvalue weighted by Gasteiger charge is -2.19. The third-order valence-corrected chi connectivity index (χ3v) is 8.41. The molecule has 0 aliphatic heterocycles. The number of anilines is 4. The number of amides is 1. The van der Waals surface area contributed by atoms with Gasteiger partial charge in [-0.05, 0) is 81.4 Å². The fraction of sp³-hybridized carbons (Fsp3) is 0.138. The number of hydrogen-bond donors (Lipinski definition) is 4. The average molecular weight is 687 g/mol. The molecule has 248 valence electrons. The van der Waals surface area contributed by atoms with E-state index in [0.29, 0.717) is 17.1 Å². The highest BCUT2D eigenvalue weighted by atomic mass is 32.2. The van der Waals surface area contributed by atoms with Crippen molar-refractivity contribution < 1.29 is 36.2 Å². The molecular formula is C29H30N6O10S2. The van der Waals surface area contributed by atoms with Crippen LogP contribution >= 0.6 is 0 Å². The van der Waals surface area contributed by atoms with Gasteiger partial charge in [0.05, 0.1) is 31.0 Å². The summed E-state index contributed by atoms with van der Waals surface area (Å²) in [7, 11) is -7.75. The third-order valence-electron chi connectivity index (χ3n) is 5.61. The first-order valence-corrected chi connectivity index (χ1v) is 16.3. The van der Waals surface area contributed by atoms with Crippen LogP contribution in [0, 0.1) is 20.2 Å². The van der Waals surface area contributed by atoms with Crippen LogP contribution in [0.1, 0.15) is 20.8 Å². The van der Waals surface area contributed by atoms with E-state index in [1.807, 2.05) is 0 Å². The average Bonchev–Trinajstić information content (AvgIpc) is 2.96. The zero-order chi connectivity index (χ0) is 35.0. The number of hydrogen-bond acceptors (Lipinski definition) is 11. The third kappa shape index (κ3) is 11.0. The Kier molecular flexibility index (Phi) is 11.1. The second-order valence-electron chi connectivity index (χ2n) is 10.5.